The summed E-state index contributed by atoms with van der Waals surface area (Å²) in [7, 11) is 1.38. The summed E-state index contributed by atoms with van der Waals surface area (Å²) in [6.45, 7) is 2.46. The van der Waals surface area contributed by atoms with E-state index in [0.29, 0.717) is 11.7 Å². The van der Waals surface area contributed by atoms with E-state index < -0.39 is 0 Å². The van der Waals surface area contributed by atoms with E-state index in [2.05, 4.69) is 32.3 Å². The normalized spacial score (nSPS) is 18.2. The van der Waals surface area contributed by atoms with Crippen LogP contribution in [0.25, 0.3) is 11.3 Å². The summed E-state index contributed by atoms with van der Waals surface area (Å²) in [5, 5.41) is 3.91. The summed E-state index contributed by atoms with van der Waals surface area (Å²) < 4.78 is 12.1. The van der Waals surface area contributed by atoms with Crippen LogP contribution in [0.15, 0.2) is 63.6 Å². The van der Waals surface area contributed by atoms with Gasteiger partial charge in [0.15, 0.2) is 5.11 Å². The third kappa shape index (κ3) is 4.50. The number of nitrogens with one attached hydrogen (secondary N) is 1. The predicted molar refractivity (Wildman–Crippen MR) is 125 cm³/mol. The second kappa shape index (κ2) is 9.20. The molecule has 3 heterocycles. The summed E-state index contributed by atoms with van der Waals surface area (Å²) >= 11 is 9.23. The number of aromatic nitrogens is 1. The van der Waals surface area contributed by atoms with Crippen LogP contribution in [-0.2, 0) is 9.53 Å². The molecule has 0 radical (unpaired) electrons. The highest BCUT2D eigenvalue weighted by molar-refractivity contribution is 9.10. The fraction of sp³-hybridized carbons (Fsp3) is 0.261. The van der Waals surface area contributed by atoms with E-state index >= 15 is 0 Å². The van der Waals surface area contributed by atoms with Gasteiger partial charge in [0.1, 0.15) is 17.6 Å². The van der Waals surface area contributed by atoms with Crippen LogP contribution in [0.3, 0.4) is 0 Å². The van der Waals surface area contributed by atoms with Gasteiger partial charge in [-0.05, 0) is 61.1 Å². The SMILES string of the molecule is COC(=O)CCN1C(=S)NC(c2ccccn2)C1c1ccc(-c2ccc(C)cc2Br)o1. The highest BCUT2D eigenvalue weighted by Crippen LogP contribution is 2.41. The highest BCUT2D eigenvalue weighted by atomic mass is 79.9. The van der Waals surface area contributed by atoms with Gasteiger partial charge in [-0.3, -0.25) is 9.78 Å². The lowest BCUT2D eigenvalue weighted by Crippen LogP contribution is -2.31. The molecule has 31 heavy (non-hydrogen) atoms. The van der Waals surface area contributed by atoms with E-state index in [1.54, 1.807) is 6.20 Å². The minimum Gasteiger partial charge on any atom is -0.469 e. The number of hydrogen-bond donors (Lipinski definition) is 1. The van der Waals surface area contributed by atoms with E-state index in [4.69, 9.17) is 21.4 Å². The first kappa shape index (κ1) is 21.5. The number of methoxy groups -OCH3 is 1. The molecule has 0 aliphatic carbocycles. The lowest BCUT2D eigenvalue weighted by atomic mass is 10.0. The Morgan fingerprint density at radius 3 is 2.84 bits per heavy atom. The Morgan fingerprint density at radius 1 is 1.29 bits per heavy atom. The Balaban J connectivity index is 1.70. The first-order chi connectivity index (χ1) is 15.0. The Morgan fingerprint density at radius 2 is 2.13 bits per heavy atom. The van der Waals surface area contributed by atoms with Gasteiger partial charge in [0.05, 0.1) is 25.3 Å². The first-order valence-corrected chi connectivity index (χ1v) is 11.1. The van der Waals surface area contributed by atoms with Crippen molar-refractivity contribution in [3.63, 3.8) is 0 Å². The zero-order chi connectivity index (χ0) is 22.0. The molecule has 0 spiro atoms. The molecule has 2 atom stereocenters. The molecule has 0 saturated carbocycles. The van der Waals surface area contributed by atoms with Gasteiger partial charge in [-0.1, -0.05) is 28.1 Å². The monoisotopic (exact) mass is 499 g/mol. The van der Waals surface area contributed by atoms with E-state index in [1.807, 2.05) is 54.3 Å². The van der Waals surface area contributed by atoms with Crippen molar-refractivity contribution < 1.29 is 13.9 Å². The predicted octanol–water partition coefficient (Wildman–Crippen LogP) is 4.95. The van der Waals surface area contributed by atoms with Crippen molar-refractivity contribution >= 4 is 39.2 Å². The number of halogens is 1. The minimum absolute atomic E-state index is 0.202. The molecule has 0 amide bonds. The van der Waals surface area contributed by atoms with Crippen LogP contribution in [-0.4, -0.2) is 34.6 Å². The molecule has 2 unspecified atom stereocenters. The zero-order valence-electron chi connectivity index (χ0n) is 17.2. The molecule has 8 heteroatoms. The molecule has 1 fully saturated rings. The lowest BCUT2D eigenvalue weighted by Gasteiger charge is -2.25. The van der Waals surface area contributed by atoms with Crippen LogP contribution in [0.4, 0.5) is 0 Å². The van der Waals surface area contributed by atoms with E-state index in [0.717, 1.165) is 32.8 Å². The summed E-state index contributed by atoms with van der Waals surface area (Å²) in [4.78, 5) is 18.3. The summed E-state index contributed by atoms with van der Waals surface area (Å²) in [6, 6.07) is 15.4. The van der Waals surface area contributed by atoms with Crippen LogP contribution in [0.2, 0.25) is 0 Å². The molecule has 4 rings (SSSR count). The van der Waals surface area contributed by atoms with Crippen molar-refractivity contribution in [2.75, 3.05) is 13.7 Å². The second-order valence-corrected chi connectivity index (χ2v) is 8.57. The summed E-state index contributed by atoms with van der Waals surface area (Å²) in [5.41, 5.74) is 2.99. The smallest absolute Gasteiger partial charge is 0.307 e. The number of benzene rings is 1. The number of ether oxygens (including phenoxy) is 1. The van der Waals surface area contributed by atoms with Gasteiger partial charge in [-0.2, -0.15) is 0 Å². The molecule has 6 nitrogen and oxygen atoms in total. The molecule has 1 N–H and O–H groups in total. The third-order valence-corrected chi connectivity index (χ3v) is 6.30. The summed E-state index contributed by atoms with van der Waals surface area (Å²) in [6.07, 6.45) is 1.98. The van der Waals surface area contributed by atoms with Gasteiger partial charge >= 0.3 is 5.97 Å². The van der Waals surface area contributed by atoms with Gasteiger partial charge in [0.2, 0.25) is 0 Å². The molecule has 1 aliphatic rings. The molecule has 1 aliphatic heterocycles. The second-order valence-electron chi connectivity index (χ2n) is 7.33. The molecular weight excluding hydrogens is 478 g/mol. The third-order valence-electron chi connectivity index (χ3n) is 5.29. The van der Waals surface area contributed by atoms with Gasteiger partial charge in [-0.25, -0.2) is 0 Å². The lowest BCUT2D eigenvalue weighted by molar-refractivity contribution is -0.140. The van der Waals surface area contributed by atoms with Crippen LogP contribution in [0.1, 0.15) is 35.5 Å². The maximum atomic E-state index is 11.8. The molecule has 160 valence electrons. The van der Waals surface area contributed by atoms with Crippen molar-refractivity contribution in [2.24, 2.45) is 0 Å². The first-order valence-electron chi connectivity index (χ1n) is 9.89. The molecular formula is C23H22BrN3O3S. The molecule has 0 bridgehead atoms. The maximum absolute atomic E-state index is 11.8. The molecule has 1 saturated heterocycles. The number of rotatable bonds is 6. The number of esters is 1. The van der Waals surface area contributed by atoms with Crippen molar-refractivity contribution in [2.45, 2.75) is 25.4 Å². The van der Waals surface area contributed by atoms with Gasteiger partial charge < -0.3 is 19.4 Å². The fourth-order valence-corrected chi connectivity index (χ4v) is 4.77. The minimum atomic E-state index is -0.286. The average Bonchev–Trinajstić information content (AvgIpc) is 3.37. The number of carbonyl (C=O) groups excluding carboxylic acids is 1. The maximum Gasteiger partial charge on any atom is 0.307 e. The van der Waals surface area contributed by atoms with Gasteiger partial charge in [-0.15, -0.1) is 0 Å². The van der Waals surface area contributed by atoms with Gasteiger partial charge in [0, 0.05) is 22.8 Å². The number of pyridine rings is 1. The average molecular weight is 500 g/mol. The Labute approximate surface area is 194 Å². The molecule has 1 aromatic carbocycles. The van der Waals surface area contributed by atoms with E-state index in [1.165, 1.54) is 7.11 Å². The van der Waals surface area contributed by atoms with Crippen molar-refractivity contribution in [1.29, 1.82) is 0 Å². The van der Waals surface area contributed by atoms with Crippen molar-refractivity contribution in [3.8, 4) is 11.3 Å². The number of furan rings is 1. The number of aryl methyl sites for hydroxylation is 1. The quantitative estimate of drug-likeness (QED) is 0.380. The number of thiocarbonyl (C=S) groups is 1. The molecule has 2 aromatic heterocycles. The summed E-state index contributed by atoms with van der Waals surface area (Å²) in [5.74, 6) is 1.22. The van der Waals surface area contributed by atoms with E-state index in [-0.39, 0.29) is 24.5 Å². The zero-order valence-corrected chi connectivity index (χ0v) is 19.6. The number of nitrogens with zero attached hydrogens (tertiary/aromatic N) is 2. The number of hydrogen-bond acceptors (Lipinski definition) is 5. The topological polar surface area (TPSA) is 67.6 Å². The largest absolute Gasteiger partial charge is 0.469 e. The number of carbonyl (C=O) groups is 1. The van der Waals surface area contributed by atoms with Crippen LogP contribution in [0, 0.1) is 6.92 Å². The highest BCUT2D eigenvalue weighted by Gasteiger charge is 2.41. The van der Waals surface area contributed by atoms with Crippen LogP contribution >= 0.6 is 28.1 Å². The Hall–Kier alpha value is -2.71. The van der Waals surface area contributed by atoms with Crippen molar-refractivity contribution in [3.05, 3.63) is 76.2 Å². The standard InChI is InChI=1S/C23H22BrN3O3S/c1-14-6-7-15(16(24)13-14)18-8-9-19(30-18)22-21(17-5-3-4-11-25-17)26-23(31)27(22)12-10-20(28)29-2/h3-9,11,13,21-22H,10,12H2,1-2H3,(H,26,31). The Bertz CT molecular complexity index is 1100. The van der Waals surface area contributed by atoms with E-state index in [9.17, 15) is 4.79 Å². The van der Waals surface area contributed by atoms with Gasteiger partial charge in [0.25, 0.3) is 0 Å². The van der Waals surface area contributed by atoms with Crippen molar-refractivity contribution in [1.82, 2.24) is 15.2 Å². The fourth-order valence-electron chi connectivity index (χ4n) is 3.75. The van der Waals surface area contributed by atoms with Crippen LogP contribution in [0.5, 0.6) is 0 Å². The van der Waals surface area contributed by atoms with Crippen LogP contribution < -0.4 is 5.32 Å². The Kier molecular flexibility index (Phi) is 6.38. The molecule has 3 aromatic rings.